The lowest BCUT2D eigenvalue weighted by molar-refractivity contribution is -0.659. The number of hydrogen-bond acceptors (Lipinski definition) is 0. The second kappa shape index (κ2) is 6.35. The van der Waals surface area contributed by atoms with Crippen molar-refractivity contribution in [3.05, 3.63) is 59.8 Å². The highest BCUT2D eigenvalue weighted by atomic mass is 28.3. The molecule has 136 valence electrons. The van der Waals surface area contributed by atoms with E-state index in [-0.39, 0.29) is 0 Å². The van der Waals surface area contributed by atoms with Crippen molar-refractivity contribution in [3.63, 3.8) is 0 Å². The van der Waals surface area contributed by atoms with Crippen LogP contribution in [0.2, 0.25) is 18.1 Å². The number of aromatic nitrogens is 1. The maximum Gasteiger partial charge on any atom is 0.220 e. The third kappa shape index (κ3) is 3.12. The normalized spacial score (nSPS) is 12.6. The van der Waals surface area contributed by atoms with E-state index in [1.807, 2.05) is 0 Å². The standard InChI is InChI=1S/C24H32NSi/c1-17-9-10-18(2)22(15-17)23-21-12-11-20(26(7,8)24(3,4)5)16-19(21)13-14-25(23)6/h9-16H,1-8H3/q+1. The second-order valence-electron chi connectivity index (χ2n) is 9.27. The third-order valence-corrected chi connectivity index (χ3v) is 11.9. The van der Waals surface area contributed by atoms with Gasteiger partial charge in [-0.2, -0.15) is 0 Å². The molecule has 3 rings (SSSR count). The van der Waals surface area contributed by atoms with Gasteiger partial charge in [0.25, 0.3) is 0 Å². The Balaban J connectivity index is 2.27. The van der Waals surface area contributed by atoms with Gasteiger partial charge in [0, 0.05) is 11.6 Å². The molecule has 0 unspecified atom stereocenters. The van der Waals surface area contributed by atoms with Crippen molar-refractivity contribution in [1.82, 2.24) is 0 Å². The van der Waals surface area contributed by atoms with Crippen LogP contribution in [0.25, 0.3) is 22.0 Å². The molecule has 0 aliphatic carbocycles. The maximum absolute atomic E-state index is 2.49. The van der Waals surface area contributed by atoms with Gasteiger partial charge in [0.1, 0.15) is 7.05 Å². The predicted octanol–water partition coefficient (Wildman–Crippen LogP) is 5.66. The minimum absolute atomic E-state index is 0.343. The highest BCUT2D eigenvalue weighted by Crippen LogP contribution is 2.36. The molecule has 0 amide bonds. The molecule has 1 nitrogen and oxygen atoms in total. The van der Waals surface area contributed by atoms with Crippen molar-refractivity contribution in [2.75, 3.05) is 0 Å². The van der Waals surface area contributed by atoms with E-state index in [0.29, 0.717) is 5.04 Å². The van der Waals surface area contributed by atoms with E-state index in [0.717, 1.165) is 0 Å². The van der Waals surface area contributed by atoms with E-state index in [2.05, 4.69) is 108 Å². The number of fused-ring (bicyclic) bond motifs is 1. The van der Waals surface area contributed by atoms with Crippen LogP contribution in [-0.2, 0) is 7.05 Å². The quantitative estimate of drug-likeness (QED) is 0.409. The maximum atomic E-state index is 2.49. The number of hydrogen-bond donors (Lipinski definition) is 0. The predicted molar refractivity (Wildman–Crippen MR) is 117 cm³/mol. The summed E-state index contributed by atoms with van der Waals surface area (Å²) < 4.78 is 2.26. The molecule has 1 heterocycles. The number of benzene rings is 2. The molecule has 0 aliphatic heterocycles. The summed E-state index contributed by atoms with van der Waals surface area (Å²) in [7, 11) is 0.616. The summed E-state index contributed by atoms with van der Waals surface area (Å²) in [4.78, 5) is 0. The minimum Gasteiger partial charge on any atom is -0.200 e. The minimum atomic E-state index is -1.54. The first kappa shape index (κ1) is 18.8. The lowest BCUT2D eigenvalue weighted by Gasteiger charge is -2.37. The summed E-state index contributed by atoms with van der Waals surface area (Å²) in [6.45, 7) is 16.5. The summed E-state index contributed by atoms with van der Waals surface area (Å²) in [6, 6.07) is 16.2. The van der Waals surface area contributed by atoms with Crippen LogP contribution in [0.4, 0.5) is 0 Å². The molecule has 0 N–H and O–H groups in total. The fourth-order valence-corrected chi connectivity index (χ4v) is 5.40. The Morgan fingerprint density at radius 3 is 2.23 bits per heavy atom. The first-order valence-electron chi connectivity index (χ1n) is 9.53. The molecule has 0 radical (unpaired) electrons. The number of pyridine rings is 1. The zero-order valence-corrected chi connectivity index (χ0v) is 18.6. The molecule has 2 heteroatoms. The lowest BCUT2D eigenvalue weighted by atomic mass is 9.98. The van der Waals surface area contributed by atoms with Gasteiger partial charge in [0.2, 0.25) is 5.69 Å². The van der Waals surface area contributed by atoms with Crippen LogP contribution in [0.15, 0.2) is 48.7 Å². The Morgan fingerprint density at radius 1 is 0.885 bits per heavy atom. The van der Waals surface area contributed by atoms with Crippen molar-refractivity contribution in [3.8, 4) is 11.3 Å². The number of nitrogens with zero attached hydrogens (tertiary/aromatic N) is 1. The zero-order valence-electron chi connectivity index (χ0n) is 17.6. The molecule has 1 aromatic heterocycles. The van der Waals surface area contributed by atoms with Crippen LogP contribution in [0.1, 0.15) is 31.9 Å². The van der Waals surface area contributed by atoms with Crippen molar-refractivity contribution in [2.45, 2.75) is 52.8 Å². The topological polar surface area (TPSA) is 3.88 Å². The second-order valence-corrected chi connectivity index (χ2v) is 14.6. The van der Waals surface area contributed by atoms with Crippen molar-refractivity contribution >= 4 is 24.0 Å². The van der Waals surface area contributed by atoms with Gasteiger partial charge in [0.05, 0.1) is 13.5 Å². The molecule has 0 spiro atoms. The van der Waals surface area contributed by atoms with Crippen LogP contribution in [0.5, 0.6) is 0 Å². The van der Waals surface area contributed by atoms with Crippen LogP contribution in [-0.4, -0.2) is 8.07 Å². The first-order chi connectivity index (χ1) is 12.0. The molecule has 0 saturated heterocycles. The molecule has 0 saturated carbocycles. The van der Waals surface area contributed by atoms with E-state index in [9.17, 15) is 0 Å². The summed E-state index contributed by atoms with van der Waals surface area (Å²) in [5, 5.41) is 4.57. The number of aryl methyl sites for hydroxylation is 3. The van der Waals surface area contributed by atoms with E-state index in [1.165, 1.54) is 33.2 Å². The Labute approximate surface area is 159 Å². The highest BCUT2D eigenvalue weighted by molar-refractivity contribution is 6.92. The van der Waals surface area contributed by atoms with Crippen LogP contribution in [0, 0.1) is 13.8 Å². The Hall–Kier alpha value is -1.93. The summed E-state index contributed by atoms with van der Waals surface area (Å²) in [5.74, 6) is 0. The van der Waals surface area contributed by atoms with Gasteiger partial charge in [0.15, 0.2) is 6.20 Å². The van der Waals surface area contributed by atoms with Gasteiger partial charge in [-0.1, -0.05) is 68.9 Å². The van der Waals surface area contributed by atoms with Gasteiger partial charge in [-0.3, -0.25) is 0 Å². The van der Waals surface area contributed by atoms with E-state index in [1.54, 1.807) is 5.19 Å². The Kier molecular flexibility index (Phi) is 4.60. The fourth-order valence-electron chi connectivity index (χ4n) is 3.52. The molecule has 0 bridgehead atoms. The summed E-state index contributed by atoms with van der Waals surface area (Å²) >= 11 is 0. The number of rotatable bonds is 2. The van der Waals surface area contributed by atoms with Crippen molar-refractivity contribution in [2.24, 2.45) is 7.05 Å². The van der Waals surface area contributed by atoms with Crippen molar-refractivity contribution < 1.29 is 4.57 Å². The average Bonchev–Trinajstić information content (AvgIpc) is 2.56. The molecular formula is C24H32NSi+. The zero-order chi connectivity index (χ0) is 19.3. The SMILES string of the molecule is Cc1ccc(C)c(-c2c3ccc([Si](C)(C)C(C)(C)C)cc3cc[n+]2C)c1. The third-order valence-electron chi connectivity index (χ3n) is 6.38. The van der Waals surface area contributed by atoms with E-state index in [4.69, 9.17) is 0 Å². The van der Waals surface area contributed by atoms with E-state index < -0.39 is 8.07 Å². The average molecular weight is 363 g/mol. The monoisotopic (exact) mass is 362 g/mol. The van der Waals surface area contributed by atoms with Crippen LogP contribution >= 0.6 is 0 Å². The first-order valence-corrected chi connectivity index (χ1v) is 12.5. The van der Waals surface area contributed by atoms with Gasteiger partial charge in [-0.25, -0.2) is 4.57 Å². The smallest absolute Gasteiger partial charge is 0.200 e. The van der Waals surface area contributed by atoms with Gasteiger partial charge in [-0.05, 0) is 42.0 Å². The molecule has 3 aromatic rings. The largest absolute Gasteiger partial charge is 0.220 e. The molecule has 2 aromatic carbocycles. The molecular weight excluding hydrogens is 330 g/mol. The van der Waals surface area contributed by atoms with Gasteiger partial charge < -0.3 is 0 Å². The fraction of sp³-hybridized carbons (Fsp3) is 0.375. The molecule has 0 atom stereocenters. The molecule has 0 aliphatic rings. The van der Waals surface area contributed by atoms with Crippen LogP contribution in [0.3, 0.4) is 0 Å². The Bertz CT molecular complexity index is 977. The lowest BCUT2D eigenvalue weighted by Crippen LogP contribution is -2.49. The van der Waals surface area contributed by atoms with Gasteiger partial charge in [-0.15, -0.1) is 0 Å². The highest BCUT2D eigenvalue weighted by Gasteiger charge is 2.37. The van der Waals surface area contributed by atoms with Gasteiger partial charge >= 0.3 is 0 Å². The summed E-state index contributed by atoms with van der Waals surface area (Å²) in [5.41, 5.74) is 5.27. The Morgan fingerprint density at radius 2 is 1.58 bits per heavy atom. The summed E-state index contributed by atoms with van der Waals surface area (Å²) in [6.07, 6.45) is 2.20. The van der Waals surface area contributed by atoms with Crippen LogP contribution < -0.4 is 9.75 Å². The van der Waals surface area contributed by atoms with E-state index >= 15 is 0 Å². The molecule has 26 heavy (non-hydrogen) atoms. The van der Waals surface area contributed by atoms with Crippen molar-refractivity contribution in [1.29, 1.82) is 0 Å². The molecule has 0 fully saturated rings.